The third kappa shape index (κ3) is 4.97. The number of carbonyl (C=O) groups excluding carboxylic acids is 1. The Hall–Kier alpha value is -3.72. The molecule has 2 atom stereocenters. The standard InChI is InChI=1S/C27H27FN2O5S/c1-3-36(34,35)29-23-10-6-8-20(17(23)2)18-11-13-19(14-12-18)26(31)30-24(15-16-25(30)27(32)33)21-7-4-5-9-22(21)28/h4-14,24-25,29H,3,15-16H2,1-2H3,(H,32,33)/t24-,25+/m1/s1. The van der Waals surface area contributed by atoms with E-state index in [4.69, 9.17) is 0 Å². The first kappa shape index (κ1) is 25.4. The maximum atomic E-state index is 14.5. The molecule has 0 aliphatic carbocycles. The van der Waals surface area contributed by atoms with Gasteiger partial charge in [0.05, 0.1) is 17.5 Å². The Kier molecular flexibility index (Phi) is 7.12. The van der Waals surface area contributed by atoms with Gasteiger partial charge in [-0.25, -0.2) is 17.6 Å². The van der Waals surface area contributed by atoms with Crippen LogP contribution in [0.5, 0.6) is 0 Å². The Balaban J connectivity index is 1.65. The number of hydrogen-bond donors (Lipinski definition) is 2. The third-order valence-electron chi connectivity index (χ3n) is 6.59. The first-order chi connectivity index (χ1) is 17.1. The maximum absolute atomic E-state index is 14.5. The lowest BCUT2D eigenvalue weighted by Crippen LogP contribution is -2.42. The molecule has 0 unspecified atom stereocenters. The highest BCUT2D eigenvalue weighted by molar-refractivity contribution is 7.92. The molecule has 1 saturated heterocycles. The van der Waals surface area contributed by atoms with Crippen LogP contribution in [0.4, 0.5) is 10.1 Å². The number of nitrogens with one attached hydrogen (secondary N) is 1. The average molecular weight is 511 g/mol. The van der Waals surface area contributed by atoms with Crippen molar-refractivity contribution in [2.45, 2.75) is 38.8 Å². The van der Waals surface area contributed by atoms with Gasteiger partial charge in [-0.3, -0.25) is 9.52 Å². The van der Waals surface area contributed by atoms with Crippen LogP contribution in [0.25, 0.3) is 11.1 Å². The van der Waals surface area contributed by atoms with E-state index in [1.54, 1.807) is 61.5 Å². The third-order valence-corrected chi connectivity index (χ3v) is 7.88. The smallest absolute Gasteiger partial charge is 0.326 e. The number of anilines is 1. The van der Waals surface area contributed by atoms with Gasteiger partial charge < -0.3 is 10.0 Å². The summed E-state index contributed by atoms with van der Waals surface area (Å²) in [6.45, 7) is 3.37. The Morgan fingerprint density at radius 2 is 1.72 bits per heavy atom. The quantitative estimate of drug-likeness (QED) is 0.466. The van der Waals surface area contributed by atoms with Crippen molar-refractivity contribution in [1.29, 1.82) is 0 Å². The molecule has 0 spiro atoms. The largest absolute Gasteiger partial charge is 0.480 e. The van der Waals surface area contributed by atoms with Gasteiger partial charge in [0.2, 0.25) is 10.0 Å². The van der Waals surface area contributed by atoms with Gasteiger partial charge in [-0.2, -0.15) is 0 Å². The Bertz CT molecular complexity index is 1410. The number of halogens is 1. The normalized spacial score (nSPS) is 17.7. The Morgan fingerprint density at radius 3 is 2.36 bits per heavy atom. The van der Waals surface area contributed by atoms with Gasteiger partial charge in [0, 0.05) is 11.1 Å². The van der Waals surface area contributed by atoms with E-state index in [1.165, 1.54) is 11.0 Å². The van der Waals surface area contributed by atoms with E-state index in [1.807, 2.05) is 13.0 Å². The van der Waals surface area contributed by atoms with Crippen molar-refractivity contribution in [2.75, 3.05) is 10.5 Å². The van der Waals surface area contributed by atoms with E-state index in [0.29, 0.717) is 17.7 Å². The van der Waals surface area contributed by atoms with E-state index >= 15 is 0 Å². The first-order valence-corrected chi connectivity index (χ1v) is 13.3. The minimum absolute atomic E-state index is 0.0464. The molecular weight excluding hydrogens is 483 g/mol. The van der Waals surface area contributed by atoms with Gasteiger partial charge in [-0.1, -0.05) is 42.5 Å². The first-order valence-electron chi connectivity index (χ1n) is 11.6. The molecule has 0 radical (unpaired) electrons. The molecule has 3 aromatic rings. The maximum Gasteiger partial charge on any atom is 0.326 e. The minimum Gasteiger partial charge on any atom is -0.480 e. The van der Waals surface area contributed by atoms with Crippen molar-refractivity contribution >= 4 is 27.6 Å². The molecule has 36 heavy (non-hydrogen) atoms. The predicted octanol–water partition coefficient (Wildman–Crippen LogP) is 4.99. The topological polar surface area (TPSA) is 104 Å². The predicted molar refractivity (Wildman–Crippen MR) is 136 cm³/mol. The van der Waals surface area contributed by atoms with E-state index in [0.717, 1.165) is 16.7 Å². The number of rotatable bonds is 7. The van der Waals surface area contributed by atoms with Gasteiger partial charge in [0.25, 0.3) is 5.91 Å². The highest BCUT2D eigenvalue weighted by Gasteiger charge is 2.42. The molecule has 0 aromatic heterocycles. The molecule has 1 fully saturated rings. The number of nitrogens with zero attached hydrogens (tertiary/aromatic N) is 1. The Morgan fingerprint density at radius 1 is 1.03 bits per heavy atom. The molecule has 4 rings (SSSR count). The zero-order valence-corrected chi connectivity index (χ0v) is 20.8. The van der Waals surface area contributed by atoms with Gasteiger partial charge in [-0.15, -0.1) is 0 Å². The molecule has 3 aromatic carbocycles. The molecule has 1 aliphatic rings. The van der Waals surface area contributed by atoms with Crippen molar-refractivity contribution in [3.8, 4) is 11.1 Å². The number of amides is 1. The van der Waals surface area contributed by atoms with Gasteiger partial charge in [-0.05, 0) is 67.6 Å². The molecule has 0 bridgehead atoms. The second-order valence-electron chi connectivity index (χ2n) is 8.74. The van der Waals surface area contributed by atoms with Crippen molar-refractivity contribution in [3.05, 3.63) is 89.2 Å². The summed E-state index contributed by atoms with van der Waals surface area (Å²) < 4.78 is 41.1. The molecular formula is C27H27FN2O5S. The molecule has 1 heterocycles. The number of carboxylic acids is 1. The summed E-state index contributed by atoms with van der Waals surface area (Å²) in [6.07, 6.45) is 0.583. The van der Waals surface area contributed by atoms with E-state index in [9.17, 15) is 27.5 Å². The number of benzene rings is 3. The van der Waals surface area contributed by atoms with Crippen LogP contribution in [0.2, 0.25) is 0 Å². The molecule has 9 heteroatoms. The lowest BCUT2D eigenvalue weighted by atomic mass is 9.98. The van der Waals surface area contributed by atoms with Crippen molar-refractivity contribution < 1.29 is 27.5 Å². The second-order valence-corrected chi connectivity index (χ2v) is 10.8. The van der Waals surface area contributed by atoms with E-state index < -0.39 is 39.8 Å². The lowest BCUT2D eigenvalue weighted by molar-refractivity contribution is -0.141. The summed E-state index contributed by atoms with van der Waals surface area (Å²) in [7, 11) is -3.44. The number of hydrogen-bond acceptors (Lipinski definition) is 4. The molecule has 188 valence electrons. The lowest BCUT2D eigenvalue weighted by Gasteiger charge is -2.29. The molecule has 2 N–H and O–H groups in total. The van der Waals surface area contributed by atoms with Crippen LogP contribution >= 0.6 is 0 Å². The average Bonchev–Trinajstić information content (AvgIpc) is 3.30. The van der Waals surface area contributed by atoms with Crippen LogP contribution in [0.1, 0.15) is 47.3 Å². The van der Waals surface area contributed by atoms with Crippen molar-refractivity contribution in [2.24, 2.45) is 0 Å². The van der Waals surface area contributed by atoms with Crippen molar-refractivity contribution in [1.82, 2.24) is 4.90 Å². The Labute approximate surface area is 209 Å². The fourth-order valence-corrected chi connectivity index (χ4v) is 5.33. The number of sulfonamides is 1. The zero-order chi connectivity index (χ0) is 26.0. The van der Waals surface area contributed by atoms with Crippen LogP contribution in [0.15, 0.2) is 66.7 Å². The fourth-order valence-electron chi connectivity index (χ4n) is 4.63. The molecule has 0 saturated carbocycles. The molecule has 7 nitrogen and oxygen atoms in total. The SMILES string of the molecule is CCS(=O)(=O)Nc1cccc(-c2ccc(C(=O)N3[C@@H](c4ccccc4F)CC[C@H]3C(=O)O)cc2)c1C. The highest BCUT2D eigenvalue weighted by atomic mass is 32.2. The summed E-state index contributed by atoms with van der Waals surface area (Å²) in [6, 6.07) is 16.3. The minimum atomic E-state index is -3.44. The summed E-state index contributed by atoms with van der Waals surface area (Å²) in [4.78, 5) is 26.6. The van der Waals surface area contributed by atoms with E-state index in [2.05, 4.69) is 4.72 Å². The van der Waals surface area contributed by atoms with Gasteiger partial charge >= 0.3 is 5.97 Å². The second kappa shape index (κ2) is 10.1. The zero-order valence-electron chi connectivity index (χ0n) is 19.9. The van der Waals surface area contributed by atoms with Crippen LogP contribution in [0, 0.1) is 12.7 Å². The highest BCUT2D eigenvalue weighted by Crippen LogP contribution is 2.39. The number of carbonyl (C=O) groups is 2. The molecule has 1 aliphatic heterocycles. The van der Waals surface area contributed by atoms with Crippen LogP contribution < -0.4 is 4.72 Å². The van der Waals surface area contributed by atoms with Crippen LogP contribution in [-0.2, 0) is 14.8 Å². The molecule has 1 amide bonds. The van der Waals surface area contributed by atoms with Crippen LogP contribution in [0.3, 0.4) is 0 Å². The summed E-state index contributed by atoms with van der Waals surface area (Å²) in [5, 5.41) is 9.72. The number of aliphatic carboxylic acids is 1. The number of likely N-dealkylation sites (tertiary alicyclic amines) is 1. The van der Waals surface area contributed by atoms with Crippen LogP contribution in [-0.4, -0.2) is 42.1 Å². The van der Waals surface area contributed by atoms with Gasteiger partial charge in [0.1, 0.15) is 11.9 Å². The van der Waals surface area contributed by atoms with E-state index in [-0.39, 0.29) is 17.7 Å². The summed E-state index contributed by atoms with van der Waals surface area (Å²) in [5.41, 5.74) is 3.35. The summed E-state index contributed by atoms with van der Waals surface area (Å²) in [5.74, 6) is -2.13. The fraction of sp³-hybridized carbons (Fsp3) is 0.259. The summed E-state index contributed by atoms with van der Waals surface area (Å²) >= 11 is 0. The van der Waals surface area contributed by atoms with Crippen molar-refractivity contribution in [3.63, 3.8) is 0 Å². The monoisotopic (exact) mass is 510 g/mol. The van der Waals surface area contributed by atoms with Gasteiger partial charge in [0.15, 0.2) is 0 Å². The number of carboxylic acid groups (broad SMARTS) is 1.